The molecule has 106 valence electrons. The van der Waals surface area contributed by atoms with Crippen molar-refractivity contribution in [3.05, 3.63) is 69.6 Å². The van der Waals surface area contributed by atoms with Crippen molar-refractivity contribution in [3.63, 3.8) is 0 Å². The summed E-state index contributed by atoms with van der Waals surface area (Å²) in [5.41, 5.74) is 2.70. The third-order valence-electron chi connectivity index (χ3n) is 3.57. The Balaban J connectivity index is 2.18. The molecule has 0 fully saturated rings. The summed E-state index contributed by atoms with van der Waals surface area (Å²) >= 11 is 3.20. The highest BCUT2D eigenvalue weighted by molar-refractivity contribution is 9.10. The van der Waals surface area contributed by atoms with Gasteiger partial charge in [-0.3, -0.25) is 4.79 Å². The molecule has 21 heavy (non-hydrogen) atoms. The zero-order valence-corrected chi connectivity index (χ0v) is 13.2. The maximum atomic E-state index is 14.0. The van der Waals surface area contributed by atoms with Crippen LogP contribution in [-0.2, 0) is 7.05 Å². The van der Waals surface area contributed by atoms with Gasteiger partial charge in [0.25, 0.3) is 0 Å². The third-order valence-corrected chi connectivity index (χ3v) is 4.06. The molecule has 0 radical (unpaired) electrons. The van der Waals surface area contributed by atoms with Crippen molar-refractivity contribution < 1.29 is 9.18 Å². The van der Waals surface area contributed by atoms with E-state index in [1.54, 1.807) is 12.3 Å². The molecular formula is C17H13BrFNO. The molecule has 0 saturated heterocycles. The smallest absolute Gasteiger partial charge is 0.198 e. The van der Waals surface area contributed by atoms with Crippen molar-refractivity contribution in [3.8, 4) is 0 Å². The zero-order chi connectivity index (χ0) is 15.1. The molecule has 3 rings (SSSR count). The van der Waals surface area contributed by atoms with Crippen LogP contribution in [0.2, 0.25) is 0 Å². The Morgan fingerprint density at radius 2 is 1.90 bits per heavy atom. The monoisotopic (exact) mass is 345 g/mol. The van der Waals surface area contributed by atoms with Crippen molar-refractivity contribution in [2.24, 2.45) is 7.05 Å². The predicted molar refractivity (Wildman–Crippen MR) is 85.2 cm³/mol. The van der Waals surface area contributed by atoms with E-state index in [0.29, 0.717) is 10.0 Å². The third kappa shape index (κ3) is 2.40. The van der Waals surface area contributed by atoms with Crippen LogP contribution in [0.5, 0.6) is 0 Å². The summed E-state index contributed by atoms with van der Waals surface area (Å²) in [4.78, 5) is 12.6. The van der Waals surface area contributed by atoms with Gasteiger partial charge in [0.1, 0.15) is 5.82 Å². The summed E-state index contributed by atoms with van der Waals surface area (Å²) in [5, 5.41) is 0.843. The molecule has 0 saturated carbocycles. The average Bonchev–Trinajstić information content (AvgIpc) is 2.75. The van der Waals surface area contributed by atoms with Crippen LogP contribution < -0.4 is 0 Å². The van der Waals surface area contributed by atoms with Crippen molar-refractivity contribution in [2.45, 2.75) is 6.92 Å². The Bertz CT molecular complexity index is 867. The van der Waals surface area contributed by atoms with Gasteiger partial charge in [0, 0.05) is 34.2 Å². The Morgan fingerprint density at radius 3 is 2.62 bits per heavy atom. The molecule has 0 aliphatic rings. The lowest BCUT2D eigenvalue weighted by Gasteiger charge is -2.02. The minimum absolute atomic E-state index is 0.0891. The molecule has 0 unspecified atom stereocenters. The number of benzene rings is 2. The van der Waals surface area contributed by atoms with E-state index in [-0.39, 0.29) is 11.3 Å². The number of halogens is 2. The number of hydrogen-bond donors (Lipinski definition) is 0. The number of carbonyl (C=O) groups is 1. The number of fused-ring (bicyclic) bond motifs is 1. The van der Waals surface area contributed by atoms with Gasteiger partial charge < -0.3 is 4.57 Å². The van der Waals surface area contributed by atoms with E-state index in [4.69, 9.17) is 0 Å². The van der Waals surface area contributed by atoms with Crippen LogP contribution in [0.3, 0.4) is 0 Å². The molecule has 2 nitrogen and oxygen atoms in total. The van der Waals surface area contributed by atoms with Gasteiger partial charge in [-0.1, -0.05) is 28.1 Å². The van der Waals surface area contributed by atoms with Gasteiger partial charge in [0.15, 0.2) is 5.78 Å². The lowest BCUT2D eigenvalue weighted by Crippen LogP contribution is -2.03. The van der Waals surface area contributed by atoms with Crippen LogP contribution in [0.15, 0.2) is 47.1 Å². The molecule has 1 heterocycles. The van der Waals surface area contributed by atoms with Crippen molar-refractivity contribution >= 4 is 32.6 Å². The first-order valence-electron chi connectivity index (χ1n) is 6.53. The summed E-state index contributed by atoms with van der Waals surface area (Å²) in [6, 6.07) is 10.4. The quantitative estimate of drug-likeness (QED) is 0.621. The second-order valence-electron chi connectivity index (χ2n) is 5.13. The normalized spacial score (nSPS) is 11.0. The molecule has 4 heteroatoms. The molecule has 1 aromatic heterocycles. The standard InChI is InChI=1S/C17H13BrFNO/c1-10-3-5-12-14(9-20(2)16(12)7-10)17(21)13-6-4-11(18)8-15(13)19/h3-9H,1-2H3. The molecule has 0 N–H and O–H groups in total. The number of hydrogen-bond acceptors (Lipinski definition) is 1. The Kier molecular flexibility index (Phi) is 3.41. The van der Waals surface area contributed by atoms with Crippen LogP contribution in [0.1, 0.15) is 21.5 Å². The zero-order valence-electron chi connectivity index (χ0n) is 11.7. The van der Waals surface area contributed by atoms with E-state index in [9.17, 15) is 9.18 Å². The molecule has 0 atom stereocenters. The van der Waals surface area contributed by atoms with Crippen LogP contribution in [0, 0.1) is 12.7 Å². The summed E-state index contributed by atoms with van der Waals surface area (Å²) in [6.45, 7) is 2.00. The maximum Gasteiger partial charge on any atom is 0.198 e. The Morgan fingerprint density at radius 1 is 1.14 bits per heavy atom. The number of carbonyl (C=O) groups excluding carboxylic acids is 1. The highest BCUT2D eigenvalue weighted by Crippen LogP contribution is 2.26. The molecule has 2 aromatic carbocycles. The van der Waals surface area contributed by atoms with E-state index < -0.39 is 5.82 Å². The molecule has 0 bridgehead atoms. The van der Waals surface area contributed by atoms with Crippen molar-refractivity contribution in [2.75, 3.05) is 0 Å². The Hall–Kier alpha value is -1.94. The molecule has 0 amide bonds. The molecule has 0 spiro atoms. The van der Waals surface area contributed by atoms with Gasteiger partial charge >= 0.3 is 0 Å². The first-order valence-corrected chi connectivity index (χ1v) is 7.32. The van der Waals surface area contributed by atoms with E-state index in [1.807, 2.05) is 36.7 Å². The van der Waals surface area contributed by atoms with E-state index in [1.165, 1.54) is 12.1 Å². The summed E-state index contributed by atoms with van der Waals surface area (Å²) in [6.07, 6.45) is 1.76. The van der Waals surface area contributed by atoms with Crippen LogP contribution in [-0.4, -0.2) is 10.4 Å². The molecule has 3 aromatic rings. The van der Waals surface area contributed by atoms with Gasteiger partial charge in [0.05, 0.1) is 5.56 Å². The number of rotatable bonds is 2. The second-order valence-corrected chi connectivity index (χ2v) is 6.04. The van der Waals surface area contributed by atoms with E-state index in [0.717, 1.165) is 16.5 Å². The minimum atomic E-state index is -0.515. The van der Waals surface area contributed by atoms with Gasteiger partial charge in [-0.05, 0) is 36.8 Å². The SMILES string of the molecule is Cc1ccc2c(C(=O)c3ccc(Br)cc3F)cn(C)c2c1. The first-order chi connectivity index (χ1) is 9.97. The highest BCUT2D eigenvalue weighted by atomic mass is 79.9. The summed E-state index contributed by atoms with van der Waals surface area (Å²) < 4.78 is 16.5. The second kappa shape index (κ2) is 5.11. The number of aryl methyl sites for hydroxylation is 2. The lowest BCUT2D eigenvalue weighted by molar-refractivity contribution is 0.103. The molecule has 0 aliphatic carbocycles. The molecule has 0 aliphatic heterocycles. The fourth-order valence-electron chi connectivity index (χ4n) is 2.49. The molecular weight excluding hydrogens is 333 g/mol. The van der Waals surface area contributed by atoms with Crippen LogP contribution in [0.25, 0.3) is 10.9 Å². The van der Waals surface area contributed by atoms with Gasteiger partial charge in [-0.2, -0.15) is 0 Å². The van der Waals surface area contributed by atoms with Gasteiger partial charge in [0.2, 0.25) is 0 Å². The average molecular weight is 346 g/mol. The predicted octanol–water partition coefficient (Wildman–Crippen LogP) is 4.62. The Labute approximate surface area is 130 Å². The summed E-state index contributed by atoms with van der Waals surface area (Å²) in [7, 11) is 1.89. The number of ketones is 1. The van der Waals surface area contributed by atoms with Crippen molar-refractivity contribution in [1.29, 1.82) is 0 Å². The summed E-state index contributed by atoms with van der Waals surface area (Å²) in [5.74, 6) is -0.812. The number of nitrogens with zero attached hydrogens (tertiary/aromatic N) is 1. The fourth-order valence-corrected chi connectivity index (χ4v) is 2.83. The van der Waals surface area contributed by atoms with E-state index >= 15 is 0 Å². The lowest BCUT2D eigenvalue weighted by atomic mass is 10.0. The maximum absolute atomic E-state index is 14.0. The fraction of sp³-hybridized carbons (Fsp3) is 0.118. The van der Waals surface area contributed by atoms with E-state index in [2.05, 4.69) is 15.9 Å². The largest absolute Gasteiger partial charge is 0.350 e. The highest BCUT2D eigenvalue weighted by Gasteiger charge is 2.19. The minimum Gasteiger partial charge on any atom is -0.350 e. The topological polar surface area (TPSA) is 22.0 Å². The first kappa shape index (κ1) is 14.0. The van der Waals surface area contributed by atoms with Gasteiger partial charge in [-0.15, -0.1) is 0 Å². The van der Waals surface area contributed by atoms with Crippen LogP contribution in [0.4, 0.5) is 4.39 Å². The van der Waals surface area contributed by atoms with Gasteiger partial charge in [-0.25, -0.2) is 4.39 Å². The number of aromatic nitrogens is 1. The van der Waals surface area contributed by atoms with Crippen LogP contribution >= 0.6 is 15.9 Å². The van der Waals surface area contributed by atoms with Crippen molar-refractivity contribution in [1.82, 2.24) is 4.57 Å².